The molecule has 11 heteroatoms. The molecule has 2 aromatic heterocycles. The van der Waals surface area contributed by atoms with Gasteiger partial charge in [0.2, 0.25) is 0 Å². The summed E-state index contributed by atoms with van der Waals surface area (Å²) in [5.74, 6) is -2.84. The first-order valence-electron chi connectivity index (χ1n) is 6.17. The summed E-state index contributed by atoms with van der Waals surface area (Å²) in [4.78, 5) is 21.5. The molecule has 1 amide bonds. The second-order valence-corrected chi connectivity index (χ2v) is 6.40. The molecule has 0 radical (unpaired) electrons. The van der Waals surface area contributed by atoms with E-state index in [0.29, 0.717) is 11.3 Å². The Labute approximate surface area is 140 Å². The number of hydrogen-bond acceptors (Lipinski definition) is 6. The molecule has 2 aromatic rings. The van der Waals surface area contributed by atoms with Gasteiger partial charge in [0.15, 0.2) is 4.88 Å². The average Bonchev–Trinajstić information content (AvgIpc) is 3.10. The normalized spacial score (nSPS) is 12.2. The van der Waals surface area contributed by atoms with Crippen molar-refractivity contribution < 1.29 is 33.0 Å². The van der Waals surface area contributed by atoms with Gasteiger partial charge in [-0.25, -0.2) is 10.2 Å². The van der Waals surface area contributed by atoms with Crippen LogP contribution in [0, 0.1) is 0 Å². The quantitative estimate of drug-likeness (QED) is 0.561. The van der Waals surface area contributed by atoms with Crippen molar-refractivity contribution in [3.63, 3.8) is 0 Å². The minimum atomic E-state index is -4.68. The maximum absolute atomic E-state index is 12.6. The smallest absolute Gasteiger partial charge is 0.429 e. The van der Waals surface area contributed by atoms with E-state index in [9.17, 15) is 27.9 Å². The number of halogens is 3. The van der Waals surface area contributed by atoms with E-state index < -0.39 is 28.7 Å². The number of aromatic carboxylic acids is 1. The zero-order valence-corrected chi connectivity index (χ0v) is 13.5. The van der Waals surface area contributed by atoms with E-state index in [0.717, 1.165) is 16.7 Å². The minimum absolute atomic E-state index is 0.0254. The molecule has 0 saturated heterocycles. The van der Waals surface area contributed by atoms with Gasteiger partial charge in [0.05, 0.1) is 16.2 Å². The summed E-state index contributed by atoms with van der Waals surface area (Å²) in [7, 11) is 0. The first-order valence-corrected chi connectivity index (χ1v) is 7.86. The summed E-state index contributed by atoms with van der Waals surface area (Å²) in [5, 5.41) is 23.1. The number of thiophene rings is 2. The number of nitrogens with one attached hydrogen (secondary N) is 1. The molecule has 0 aliphatic carbocycles. The summed E-state index contributed by atoms with van der Waals surface area (Å²) in [6.45, 7) is 1.32. The Kier molecular flexibility index (Phi) is 4.94. The lowest BCUT2D eigenvalue weighted by atomic mass is 10.2. The van der Waals surface area contributed by atoms with Crippen LogP contribution in [0.15, 0.2) is 22.6 Å². The molecule has 2 rings (SSSR count). The Morgan fingerprint density at radius 2 is 1.88 bits per heavy atom. The number of hydrogen-bond donors (Lipinski definition) is 3. The van der Waals surface area contributed by atoms with E-state index >= 15 is 0 Å². The van der Waals surface area contributed by atoms with Gasteiger partial charge in [-0.15, -0.1) is 22.7 Å². The molecule has 0 unspecified atom stereocenters. The van der Waals surface area contributed by atoms with E-state index in [2.05, 4.69) is 10.5 Å². The van der Waals surface area contributed by atoms with Crippen LogP contribution in [0.3, 0.4) is 0 Å². The fraction of sp³-hybridized carbons (Fsp3) is 0.154. The number of alkyl halides is 3. The van der Waals surface area contributed by atoms with E-state index in [1.807, 2.05) is 0 Å². The monoisotopic (exact) mass is 378 g/mol. The Morgan fingerprint density at radius 1 is 1.25 bits per heavy atom. The highest BCUT2D eigenvalue weighted by Gasteiger charge is 2.37. The van der Waals surface area contributed by atoms with Crippen LogP contribution in [0.5, 0.6) is 5.75 Å². The molecule has 2 heterocycles. The highest BCUT2D eigenvalue weighted by Crippen LogP contribution is 2.42. The van der Waals surface area contributed by atoms with Gasteiger partial charge in [-0.3, -0.25) is 4.79 Å². The van der Waals surface area contributed by atoms with Crippen LogP contribution >= 0.6 is 22.7 Å². The molecular formula is C13H9F3N2O4S2. The van der Waals surface area contributed by atoms with Gasteiger partial charge in [0.25, 0.3) is 5.91 Å². The second kappa shape index (κ2) is 6.61. The van der Waals surface area contributed by atoms with E-state index in [-0.39, 0.29) is 21.0 Å². The lowest BCUT2D eigenvalue weighted by Gasteiger charge is -2.04. The first kappa shape index (κ1) is 17.9. The van der Waals surface area contributed by atoms with Gasteiger partial charge in [-0.05, 0) is 19.1 Å². The number of amides is 1. The number of aromatic hydroxyl groups is 1. The number of rotatable bonds is 4. The third-order valence-corrected chi connectivity index (χ3v) is 4.86. The van der Waals surface area contributed by atoms with Gasteiger partial charge >= 0.3 is 12.1 Å². The van der Waals surface area contributed by atoms with Gasteiger partial charge in [0, 0.05) is 5.38 Å². The number of carbonyl (C=O) groups excluding carboxylic acids is 1. The molecule has 6 nitrogen and oxygen atoms in total. The number of hydrazone groups is 1. The molecule has 0 spiro atoms. The summed E-state index contributed by atoms with van der Waals surface area (Å²) in [6.07, 6.45) is -4.68. The van der Waals surface area contributed by atoms with Crippen LogP contribution in [0.1, 0.15) is 36.7 Å². The molecule has 0 fully saturated rings. The van der Waals surface area contributed by atoms with Crippen LogP contribution in [-0.2, 0) is 6.18 Å². The number of carbonyl (C=O) groups is 2. The number of carboxylic acids is 1. The third-order valence-electron chi connectivity index (χ3n) is 2.78. The number of carboxylic acid groups (broad SMARTS) is 1. The molecule has 0 bridgehead atoms. The van der Waals surface area contributed by atoms with Crippen molar-refractivity contribution in [3.05, 3.63) is 37.7 Å². The van der Waals surface area contributed by atoms with Crippen molar-refractivity contribution in [1.82, 2.24) is 5.43 Å². The molecule has 0 aliphatic rings. The molecule has 3 N–H and O–H groups in total. The van der Waals surface area contributed by atoms with E-state index in [4.69, 9.17) is 5.11 Å². The van der Waals surface area contributed by atoms with Crippen LogP contribution < -0.4 is 5.43 Å². The van der Waals surface area contributed by atoms with Crippen molar-refractivity contribution >= 4 is 40.3 Å². The Hall–Kier alpha value is -2.40. The SMILES string of the molecule is CC(=NNC(=O)c1ccc(C(=O)O)s1)c1csc(C(F)(F)F)c1O. The average molecular weight is 378 g/mol. The highest BCUT2D eigenvalue weighted by molar-refractivity contribution is 7.15. The lowest BCUT2D eigenvalue weighted by molar-refractivity contribution is -0.135. The fourth-order valence-electron chi connectivity index (χ4n) is 1.63. The molecule has 0 aliphatic heterocycles. The van der Waals surface area contributed by atoms with Crippen molar-refractivity contribution in [3.8, 4) is 5.75 Å². The van der Waals surface area contributed by atoms with Crippen LogP contribution in [-0.4, -0.2) is 27.8 Å². The predicted molar refractivity (Wildman–Crippen MR) is 81.9 cm³/mol. The lowest BCUT2D eigenvalue weighted by Crippen LogP contribution is -2.18. The molecule has 0 atom stereocenters. The van der Waals surface area contributed by atoms with Gasteiger partial charge in [-0.1, -0.05) is 0 Å². The molecule has 24 heavy (non-hydrogen) atoms. The van der Waals surface area contributed by atoms with Crippen LogP contribution in [0.25, 0.3) is 0 Å². The summed E-state index contributed by atoms with van der Waals surface area (Å²) >= 11 is 1.05. The van der Waals surface area contributed by atoms with Gasteiger partial charge in [-0.2, -0.15) is 18.3 Å². The topological polar surface area (TPSA) is 99.0 Å². The molecule has 0 saturated carbocycles. The molecule has 128 valence electrons. The largest absolute Gasteiger partial charge is 0.506 e. The highest BCUT2D eigenvalue weighted by atomic mass is 32.1. The maximum Gasteiger partial charge on any atom is 0.429 e. The summed E-state index contributed by atoms with van der Waals surface area (Å²) < 4.78 is 37.9. The zero-order valence-electron chi connectivity index (χ0n) is 11.8. The third kappa shape index (κ3) is 3.74. The van der Waals surface area contributed by atoms with Gasteiger partial charge < -0.3 is 10.2 Å². The van der Waals surface area contributed by atoms with Crippen LogP contribution in [0.4, 0.5) is 13.2 Å². The first-order chi connectivity index (χ1) is 11.1. The second-order valence-electron chi connectivity index (χ2n) is 4.43. The summed E-state index contributed by atoms with van der Waals surface area (Å²) in [5.41, 5.74) is 1.93. The van der Waals surface area contributed by atoms with Crippen molar-refractivity contribution in [2.75, 3.05) is 0 Å². The predicted octanol–water partition coefficient (Wildman–Crippen LogP) is 3.39. The molecule has 0 aromatic carbocycles. The van der Waals surface area contributed by atoms with Crippen molar-refractivity contribution in [2.24, 2.45) is 5.10 Å². The standard InChI is InChI=1S/C13H9F3N2O4S2/c1-5(6-4-23-10(9(6)19)13(14,15)16)17-18-11(20)7-2-3-8(24-7)12(21)22/h2-4,19H,1H3,(H,18,20)(H,21,22). The zero-order chi connectivity index (χ0) is 18.1. The Balaban J connectivity index is 2.15. The molecular weight excluding hydrogens is 369 g/mol. The Bertz CT molecular complexity index is 824. The maximum atomic E-state index is 12.6. The van der Waals surface area contributed by atoms with Crippen molar-refractivity contribution in [2.45, 2.75) is 13.1 Å². The van der Waals surface area contributed by atoms with E-state index in [1.54, 1.807) is 0 Å². The minimum Gasteiger partial charge on any atom is -0.506 e. The summed E-state index contributed by atoms with van der Waals surface area (Å²) in [6, 6.07) is 2.54. The van der Waals surface area contributed by atoms with Gasteiger partial charge in [0.1, 0.15) is 10.6 Å². The van der Waals surface area contributed by atoms with Crippen molar-refractivity contribution in [1.29, 1.82) is 0 Å². The number of nitrogens with zero attached hydrogens (tertiary/aromatic N) is 1. The van der Waals surface area contributed by atoms with E-state index in [1.165, 1.54) is 19.1 Å². The Morgan fingerprint density at radius 3 is 2.38 bits per heavy atom. The van der Waals surface area contributed by atoms with Crippen LogP contribution in [0.2, 0.25) is 0 Å². The fourth-order valence-corrected chi connectivity index (χ4v) is 3.24.